The fraction of sp³-hybridized carbons (Fsp3) is 0.500. The third-order valence-corrected chi connectivity index (χ3v) is 3.78. The van der Waals surface area contributed by atoms with E-state index in [0.717, 1.165) is 16.6 Å². The summed E-state index contributed by atoms with van der Waals surface area (Å²) in [5.41, 5.74) is 1.61. The number of carbonyl (C=O) groups excluding carboxylic acids is 1. The number of rotatable bonds is 5. The molecular weight excluding hydrogens is 326 g/mol. The van der Waals surface area contributed by atoms with E-state index in [1.54, 1.807) is 12.1 Å². The molecule has 0 spiro atoms. The summed E-state index contributed by atoms with van der Waals surface area (Å²) in [6.07, 6.45) is 0.108. The lowest BCUT2D eigenvalue weighted by atomic mass is 10.1. The van der Waals surface area contributed by atoms with Crippen LogP contribution in [-0.2, 0) is 20.8 Å². The van der Waals surface area contributed by atoms with Crippen LogP contribution >= 0.6 is 15.9 Å². The molecule has 0 aromatic heterocycles. The molecule has 1 heterocycles. The van der Waals surface area contributed by atoms with Gasteiger partial charge in [-0.3, -0.25) is 0 Å². The standard InChI is InChI=1S/C14H18BrNO4/c1-18-14(17)10-2-3-11(13(15)6-10)7-16-8-12-9-19-4-5-20-12/h2-3,6,12,16H,4-5,7-9H2,1H3. The Morgan fingerprint density at radius 2 is 2.35 bits per heavy atom. The second-order valence-corrected chi connectivity index (χ2v) is 5.35. The van der Waals surface area contributed by atoms with Crippen LogP contribution in [0.25, 0.3) is 0 Å². The monoisotopic (exact) mass is 343 g/mol. The molecule has 6 heteroatoms. The molecule has 1 fully saturated rings. The van der Waals surface area contributed by atoms with Crippen LogP contribution < -0.4 is 5.32 Å². The van der Waals surface area contributed by atoms with Gasteiger partial charge in [-0.2, -0.15) is 0 Å². The van der Waals surface area contributed by atoms with Crippen molar-refractivity contribution in [2.45, 2.75) is 12.6 Å². The summed E-state index contributed by atoms with van der Waals surface area (Å²) >= 11 is 3.47. The number of carbonyl (C=O) groups is 1. The number of ether oxygens (including phenoxy) is 3. The van der Waals surface area contributed by atoms with Gasteiger partial charge in [0.15, 0.2) is 0 Å². The van der Waals surface area contributed by atoms with E-state index in [1.807, 2.05) is 6.07 Å². The summed E-state index contributed by atoms with van der Waals surface area (Å²) in [4.78, 5) is 11.4. The van der Waals surface area contributed by atoms with Crippen molar-refractivity contribution in [1.82, 2.24) is 5.32 Å². The maximum Gasteiger partial charge on any atom is 0.337 e. The van der Waals surface area contributed by atoms with Crippen molar-refractivity contribution in [3.05, 3.63) is 33.8 Å². The smallest absolute Gasteiger partial charge is 0.337 e. The largest absolute Gasteiger partial charge is 0.465 e. The van der Waals surface area contributed by atoms with Gasteiger partial charge >= 0.3 is 5.97 Å². The maximum absolute atomic E-state index is 11.4. The molecule has 2 rings (SSSR count). The number of methoxy groups -OCH3 is 1. The second kappa shape index (κ2) is 7.73. The van der Waals surface area contributed by atoms with Gasteiger partial charge in [0.25, 0.3) is 0 Å². The Bertz CT molecular complexity index is 460. The zero-order valence-electron chi connectivity index (χ0n) is 11.4. The van der Waals surface area contributed by atoms with E-state index in [4.69, 9.17) is 9.47 Å². The van der Waals surface area contributed by atoms with Gasteiger partial charge in [0.05, 0.1) is 38.6 Å². The predicted octanol–water partition coefficient (Wildman–Crippen LogP) is 1.74. The molecule has 0 saturated carbocycles. The van der Waals surface area contributed by atoms with Crippen molar-refractivity contribution in [2.75, 3.05) is 33.5 Å². The van der Waals surface area contributed by atoms with Gasteiger partial charge in [0.1, 0.15) is 0 Å². The van der Waals surface area contributed by atoms with Crippen molar-refractivity contribution >= 4 is 21.9 Å². The average Bonchev–Trinajstić information content (AvgIpc) is 2.49. The summed E-state index contributed by atoms with van der Waals surface area (Å²) in [5, 5.41) is 3.32. The number of benzene rings is 1. The molecule has 1 saturated heterocycles. The normalized spacial score (nSPS) is 18.8. The van der Waals surface area contributed by atoms with Crippen LogP contribution in [-0.4, -0.2) is 45.5 Å². The zero-order valence-corrected chi connectivity index (χ0v) is 12.9. The molecule has 0 radical (unpaired) electrons. The van der Waals surface area contributed by atoms with E-state index < -0.39 is 0 Å². The van der Waals surface area contributed by atoms with Gasteiger partial charge in [-0.15, -0.1) is 0 Å². The molecular formula is C14H18BrNO4. The summed E-state index contributed by atoms with van der Waals surface area (Å²) in [7, 11) is 1.37. The van der Waals surface area contributed by atoms with Crippen LogP contribution in [0, 0.1) is 0 Å². The molecule has 1 aliphatic rings. The number of nitrogens with one attached hydrogen (secondary N) is 1. The highest BCUT2D eigenvalue weighted by molar-refractivity contribution is 9.10. The van der Waals surface area contributed by atoms with Crippen molar-refractivity contribution < 1.29 is 19.0 Å². The molecule has 0 amide bonds. The number of halogens is 1. The fourth-order valence-electron chi connectivity index (χ4n) is 1.96. The molecule has 1 aromatic rings. The van der Waals surface area contributed by atoms with E-state index in [2.05, 4.69) is 26.0 Å². The Hall–Kier alpha value is -0.950. The van der Waals surface area contributed by atoms with Gasteiger partial charge in [0, 0.05) is 17.6 Å². The predicted molar refractivity (Wildman–Crippen MR) is 77.7 cm³/mol. The summed E-state index contributed by atoms with van der Waals surface area (Å²) in [5.74, 6) is -0.335. The molecule has 1 aromatic carbocycles. The minimum absolute atomic E-state index is 0.108. The van der Waals surface area contributed by atoms with Crippen molar-refractivity contribution in [3.63, 3.8) is 0 Å². The van der Waals surface area contributed by atoms with Gasteiger partial charge < -0.3 is 19.5 Å². The highest BCUT2D eigenvalue weighted by atomic mass is 79.9. The van der Waals surface area contributed by atoms with E-state index >= 15 is 0 Å². The first kappa shape index (κ1) is 15.4. The van der Waals surface area contributed by atoms with Crippen molar-refractivity contribution in [1.29, 1.82) is 0 Å². The molecule has 0 aliphatic carbocycles. The Morgan fingerprint density at radius 3 is 3.00 bits per heavy atom. The SMILES string of the molecule is COC(=O)c1ccc(CNCC2COCCO2)c(Br)c1. The van der Waals surface area contributed by atoms with E-state index in [-0.39, 0.29) is 12.1 Å². The number of hydrogen-bond acceptors (Lipinski definition) is 5. The Balaban J connectivity index is 1.84. The van der Waals surface area contributed by atoms with Crippen LogP contribution in [0.15, 0.2) is 22.7 Å². The van der Waals surface area contributed by atoms with Crippen molar-refractivity contribution in [3.8, 4) is 0 Å². The lowest BCUT2D eigenvalue weighted by Crippen LogP contribution is -2.37. The Kier molecular flexibility index (Phi) is 5.97. The fourth-order valence-corrected chi connectivity index (χ4v) is 2.48. The first-order valence-electron chi connectivity index (χ1n) is 6.47. The van der Waals surface area contributed by atoms with Crippen LogP contribution in [0.5, 0.6) is 0 Å². The Labute approximate surface area is 126 Å². The van der Waals surface area contributed by atoms with Crippen LogP contribution in [0.3, 0.4) is 0 Å². The van der Waals surface area contributed by atoms with Gasteiger partial charge in [0.2, 0.25) is 0 Å². The van der Waals surface area contributed by atoms with E-state index in [1.165, 1.54) is 7.11 Å². The van der Waals surface area contributed by atoms with Crippen molar-refractivity contribution in [2.24, 2.45) is 0 Å². The lowest BCUT2D eigenvalue weighted by Gasteiger charge is -2.23. The summed E-state index contributed by atoms with van der Waals surface area (Å²) < 4.78 is 16.5. The average molecular weight is 344 g/mol. The quantitative estimate of drug-likeness (QED) is 0.825. The topological polar surface area (TPSA) is 56.8 Å². The summed E-state index contributed by atoms with van der Waals surface area (Å²) in [6.45, 7) is 3.41. The first-order valence-corrected chi connectivity index (χ1v) is 7.27. The molecule has 0 bridgehead atoms. The van der Waals surface area contributed by atoms with Crippen LogP contribution in [0.2, 0.25) is 0 Å². The summed E-state index contributed by atoms with van der Waals surface area (Å²) in [6, 6.07) is 5.43. The molecule has 5 nitrogen and oxygen atoms in total. The zero-order chi connectivity index (χ0) is 14.4. The van der Waals surface area contributed by atoms with Crippen LogP contribution in [0.4, 0.5) is 0 Å². The highest BCUT2D eigenvalue weighted by Gasteiger charge is 2.14. The minimum Gasteiger partial charge on any atom is -0.465 e. The number of hydrogen-bond donors (Lipinski definition) is 1. The third kappa shape index (κ3) is 4.28. The molecule has 20 heavy (non-hydrogen) atoms. The molecule has 1 unspecified atom stereocenters. The second-order valence-electron chi connectivity index (χ2n) is 4.50. The van der Waals surface area contributed by atoms with Gasteiger partial charge in [-0.1, -0.05) is 22.0 Å². The number of esters is 1. The minimum atomic E-state index is -0.335. The van der Waals surface area contributed by atoms with E-state index in [0.29, 0.717) is 31.9 Å². The Morgan fingerprint density at radius 1 is 1.50 bits per heavy atom. The molecule has 1 atom stereocenters. The van der Waals surface area contributed by atoms with Gasteiger partial charge in [-0.05, 0) is 17.7 Å². The molecule has 110 valence electrons. The first-order chi connectivity index (χ1) is 9.70. The van der Waals surface area contributed by atoms with Crippen LogP contribution in [0.1, 0.15) is 15.9 Å². The molecule has 1 N–H and O–H groups in total. The lowest BCUT2D eigenvalue weighted by molar-refractivity contribution is -0.0864. The third-order valence-electron chi connectivity index (χ3n) is 3.05. The highest BCUT2D eigenvalue weighted by Crippen LogP contribution is 2.19. The van der Waals surface area contributed by atoms with Gasteiger partial charge in [-0.25, -0.2) is 4.79 Å². The van der Waals surface area contributed by atoms with E-state index in [9.17, 15) is 4.79 Å². The maximum atomic E-state index is 11.4. The molecule has 1 aliphatic heterocycles.